The van der Waals surface area contributed by atoms with Crippen molar-refractivity contribution in [1.29, 1.82) is 0 Å². The summed E-state index contributed by atoms with van der Waals surface area (Å²) in [6.07, 6.45) is 3.75. The zero-order valence-electron chi connectivity index (χ0n) is 10.7. The van der Waals surface area contributed by atoms with Crippen LogP contribution in [0.2, 0.25) is 0 Å². The summed E-state index contributed by atoms with van der Waals surface area (Å²) >= 11 is 0. The van der Waals surface area contributed by atoms with E-state index in [-0.39, 0.29) is 0 Å². The highest BCUT2D eigenvalue weighted by Crippen LogP contribution is 2.18. The lowest BCUT2D eigenvalue weighted by atomic mass is 10.2. The second kappa shape index (κ2) is 6.17. The molecule has 3 heteroatoms. The van der Waals surface area contributed by atoms with Gasteiger partial charge in [-0.25, -0.2) is 4.98 Å². The van der Waals surface area contributed by atoms with Crippen LogP contribution < -0.4 is 0 Å². The van der Waals surface area contributed by atoms with E-state index >= 15 is 0 Å². The molecule has 0 aliphatic carbocycles. The van der Waals surface area contributed by atoms with Crippen molar-refractivity contribution in [3.63, 3.8) is 0 Å². The SMILES string of the molecule is CC(C)=CCOCc1cnc(-c2ccccc2)o1. The third-order valence-electron chi connectivity index (χ3n) is 2.43. The molecule has 1 heterocycles. The van der Waals surface area contributed by atoms with Gasteiger partial charge in [0.15, 0.2) is 5.76 Å². The Morgan fingerprint density at radius 1 is 1.28 bits per heavy atom. The average molecular weight is 243 g/mol. The van der Waals surface area contributed by atoms with Gasteiger partial charge in [-0.05, 0) is 26.0 Å². The summed E-state index contributed by atoms with van der Waals surface area (Å²) in [5, 5.41) is 0. The lowest BCUT2D eigenvalue weighted by molar-refractivity contribution is 0.132. The van der Waals surface area contributed by atoms with Crippen LogP contribution >= 0.6 is 0 Å². The van der Waals surface area contributed by atoms with Crippen LogP contribution in [0.3, 0.4) is 0 Å². The normalized spacial score (nSPS) is 10.3. The molecule has 0 fully saturated rings. The number of rotatable bonds is 5. The van der Waals surface area contributed by atoms with Crippen molar-refractivity contribution in [1.82, 2.24) is 4.98 Å². The number of aromatic nitrogens is 1. The molecule has 3 nitrogen and oxygen atoms in total. The highest BCUT2D eigenvalue weighted by molar-refractivity contribution is 5.52. The van der Waals surface area contributed by atoms with Gasteiger partial charge >= 0.3 is 0 Å². The van der Waals surface area contributed by atoms with Crippen LogP contribution in [0.25, 0.3) is 11.5 Å². The van der Waals surface area contributed by atoms with Crippen LogP contribution in [0.5, 0.6) is 0 Å². The van der Waals surface area contributed by atoms with Crippen LogP contribution in [0.15, 0.2) is 52.6 Å². The number of ether oxygens (including phenoxy) is 1. The summed E-state index contributed by atoms with van der Waals surface area (Å²) in [5.41, 5.74) is 2.23. The Labute approximate surface area is 107 Å². The van der Waals surface area contributed by atoms with Crippen molar-refractivity contribution in [2.45, 2.75) is 20.5 Å². The van der Waals surface area contributed by atoms with Gasteiger partial charge in [-0.3, -0.25) is 0 Å². The Morgan fingerprint density at radius 2 is 2.06 bits per heavy atom. The van der Waals surface area contributed by atoms with E-state index in [1.807, 2.05) is 50.3 Å². The molecule has 18 heavy (non-hydrogen) atoms. The van der Waals surface area contributed by atoms with Gasteiger partial charge in [0.05, 0.1) is 12.8 Å². The van der Waals surface area contributed by atoms with E-state index in [9.17, 15) is 0 Å². The van der Waals surface area contributed by atoms with Crippen molar-refractivity contribution in [2.24, 2.45) is 0 Å². The second-order valence-corrected chi connectivity index (χ2v) is 4.29. The quantitative estimate of drug-likeness (QED) is 0.591. The lowest BCUT2D eigenvalue weighted by Crippen LogP contribution is -1.91. The van der Waals surface area contributed by atoms with Gasteiger partial charge in [-0.15, -0.1) is 0 Å². The van der Waals surface area contributed by atoms with Crippen LogP contribution in [-0.2, 0) is 11.3 Å². The van der Waals surface area contributed by atoms with E-state index < -0.39 is 0 Å². The van der Waals surface area contributed by atoms with Gasteiger partial charge in [-0.1, -0.05) is 29.8 Å². The van der Waals surface area contributed by atoms with Crippen LogP contribution in [-0.4, -0.2) is 11.6 Å². The molecule has 0 spiro atoms. The van der Waals surface area contributed by atoms with Crippen molar-refractivity contribution in [2.75, 3.05) is 6.61 Å². The number of hydrogen-bond donors (Lipinski definition) is 0. The molecule has 0 aliphatic heterocycles. The first-order chi connectivity index (χ1) is 8.75. The number of hydrogen-bond acceptors (Lipinski definition) is 3. The molecule has 0 saturated carbocycles. The minimum absolute atomic E-state index is 0.448. The maximum Gasteiger partial charge on any atom is 0.226 e. The summed E-state index contributed by atoms with van der Waals surface area (Å²) in [4.78, 5) is 4.24. The number of allylic oxidation sites excluding steroid dienone is 1. The molecule has 2 rings (SSSR count). The average Bonchev–Trinajstić information content (AvgIpc) is 2.84. The standard InChI is InChI=1S/C15H17NO2/c1-12(2)8-9-17-11-14-10-16-15(18-14)13-6-4-3-5-7-13/h3-8,10H,9,11H2,1-2H3. The molecular weight excluding hydrogens is 226 g/mol. The summed E-state index contributed by atoms with van der Waals surface area (Å²) in [6, 6.07) is 9.84. The molecule has 0 bridgehead atoms. The van der Waals surface area contributed by atoms with E-state index in [0.717, 1.165) is 11.3 Å². The first kappa shape index (κ1) is 12.6. The summed E-state index contributed by atoms with van der Waals surface area (Å²) in [7, 11) is 0. The zero-order valence-corrected chi connectivity index (χ0v) is 10.7. The molecule has 94 valence electrons. The lowest BCUT2D eigenvalue weighted by Gasteiger charge is -1.98. The van der Waals surface area contributed by atoms with Gasteiger partial charge in [0, 0.05) is 5.56 Å². The molecular formula is C15H17NO2. The first-order valence-electron chi connectivity index (χ1n) is 5.97. The maximum atomic E-state index is 5.62. The summed E-state index contributed by atoms with van der Waals surface area (Å²) in [6.45, 7) is 5.14. The van der Waals surface area contributed by atoms with E-state index in [4.69, 9.17) is 9.15 Å². The van der Waals surface area contributed by atoms with Crippen molar-refractivity contribution >= 4 is 0 Å². The Kier molecular flexibility index (Phi) is 4.31. The maximum absolute atomic E-state index is 5.62. The predicted molar refractivity (Wildman–Crippen MR) is 71.0 cm³/mol. The molecule has 1 aromatic heterocycles. The minimum atomic E-state index is 0.448. The number of oxazole rings is 1. The fourth-order valence-electron chi connectivity index (χ4n) is 1.47. The van der Waals surface area contributed by atoms with E-state index in [2.05, 4.69) is 4.98 Å². The summed E-state index contributed by atoms with van der Waals surface area (Å²) < 4.78 is 11.1. The number of nitrogens with zero attached hydrogens (tertiary/aromatic N) is 1. The van der Waals surface area contributed by atoms with Crippen molar-refractivity contribution < 1.29 is 9.15 Å². The third-order valence-corrected chi connectivity index (χ3v) is 2.43. The van der Waals surface area contributed by atoms with Crippen LogP contribution in [0.1, 0.15) is 19.6 Å². The molecule has 0 amide bonds. The predicted octanol–water partition coefficient (Wildman–Crippen LogP) is 3.82. The number of benzene rings is 1. The zero-order chi connectivity index (χ0) is 12.8. The van der Waals surface area contributed by atoms with Gasteiger partial charge in [-0.2, -0.15) is 0 Å². The Balaban J connectivity index is 1.93. The highest BCUT2D eigenvalue weighted by Gasteiger charge is 2.05. The van der Waals surface area contributed by atoms with E-state index in [1.165, 1.54) is 5.57 Å². The Hall–Kier alpha value is -1.87. The fourth-order valence-corrected chi connectivity index (χ4v) is 1.47. The Bertz CT molecular complexity index is 510. The molecule has 2 aromatic rings. The van der Waals surface area contributed by atoms with Gasteiger partial charge in [0.1, 0.15) is 6.61 Å². The van der Waals surface area contributed by atoms with Gasteiger partial charge in [0.2, 0.25) is 5.89 Å². The van der Waals surface area contributed by atoms with E-state index in [0.29, 0.717) is 19.1 Å². The smallest absolute Gasteiger partial charge is 0.226 e. The largest absolute Gasteiger partial charge is 0.439 e. The highest BCUT2D eigenvalue weighted by atomic mass is 16.5. The molecule has 0 unspecified atom stereocenters. The minimum Gasteiger partial charge on any atom is -0.439 e. The van der Waals surface area contributed by atoms with Crippen LogP contribution in [0.4, 0.5) is 0 Å². The molecule has 0 radical (unpaired) electrons. The van der Waals surface area contributed by atoms with Crippen LogP contribution in [0, 0.1) is 0 Å². The van der Waals surface area contributed by atoms with Crippen molar-refractivity contribution in [3.8, 4) is 11.5 Å². The van der Waals surface area contributed by atoms with E-state index in [1.54, 1.807) is 6.20 Å². The molecule has 0 saturated heterocycles. The fraction of sp³-hybridized carbons (Fsp3) is 0.267. The molecule has 0 aliphatic rings. The van der Waals surface area contributed by atoms with Gasteiger partial charge < -0.3 is 9.15 Å². The molecule has 0 atom stereocenters. The van der Waals surface area contributed by atoms with Gasteiger partial charge in [0.25, 0.3) is 0 Å². The Morgan fingerprint density at radius 3 is 2.78 bits per heavy atom. The monoisotopic (exact) mass is 243 g/mol. The van der Waals surface area contributed by atoms with Crippen molar-refractivity contribution in [3.05, 3.63) is 53.9 Å². The molecule has 1 aromatic carbocycles. The topological polar surface area (TPSA) is 35.3 Å². The summed E-state index contributed by atoms with van der Waals surface area (Å²) in [5.74, 6) is 1.38. The first-order valence-corrected chi connectivity index (χ1v) is 5.97. The second-order valence-electron chi connectivity index (χ2n) is 4.29. The third kappa shape index (κ3) is 3.57. The molecule has 0 N–H and O–H groups in total.